The molecular weight excluding hydrogens is 521 g/mol. The van der Waals surface area contributed by atoms with Gasteiger partial charge in [0, 0.05) is 15.6 Å². The van der Waals surface area contributed by atoms with E-state index in [9.17, 15) is 0 Å². The molecule has 2 aromatic heterocycles. The molecule has 4 heteroatoms. The highest BCUT2D eigenvalue weighted by Gasteiger charge is 2.37. The predicted molar refractivity (Wildman–Crippen MR) is 181 cm³/mol. The van der Waals surface area contributed by atoms with Gasteiger partial charge in [0.2, 0.25) is 0 Å². The molecule has 0 fully saturated rings. The fourth-order valence-corrected chi connectivity index (χ4v) is 15.2. The summed E-state index contributed by atoms with van der Waals surface area (Å²) in [6.45, 7) is 21.2. The lowest BCUT2D eigenvalue weighted by atomic mass is 9.82. The van der Waals surface area contributed by atoms with E-state index in [1.54, 1.807) is 5.19 Å². The highest BCUT2D eigenvalue weighted by Crippen LogP contribution is 2.41. The van der Waals surface area contributed by atoms with Crippen LogP contribution < -0.4 is 5.19 Å². The van der Waals surface area contributed by atoms with E-state index in [-0.39, 0.29) is 11.7 Å². The van der Waals surface area contributed by atoms with Crippen molar-refractivity contribution >= 4 is 55.7 Å². The van der Waals surface area contributed by atoms with Crippen LogP contribution >= 0.6 is 11.3 Å². The van der Waals surface area contributed by atoms with Gasteiger partial charge in [-0.3, -0.25) is 0 Å². The third kappa shape index (κ3) is 5.62. The summed E-state index contributed by atoms with van der Waals surface area (Å²) in [6, 6.07) is 24.4. The first kappa shape index (κ1) is 27.6. The van der Waals surface area contributed by atoms with Gasteiger partial charge < -0.3 is 0 Å². The Hall–Kier alpha value is -2.56. The van der Waals surface area contributed by atoms with Crippen molar-refractivity contribution in [3.8, 4) is 11.3 Å². The average Bonchev–Trinajstić information content (AvgIpc) is 3.23. The van der Waals surface area contributed by atoms with Crippen molar-refractivity contribution in [2.45, 2.75) is 85.9 Å². The second-order valence-corrected chi connectivity index (χ2v) is 19.6. The third-order valence-electron chi connectivity index (χ3n) is 8.16. The van der Waals surface area contributed by atoms with Gasteiger partial charge in [0.15, 0.2) is 0 Å². The van der Waals surface area contributed by atoms with Gasteiger partial charge in [-0.15, -0.1) is 11.3 Å². The summed E-state index contributed by atoms with van der Waals surface area (Å²) in [7, 11) is -1.74. The van der Waals surface area contributed by atoms with Crippen LogP contribution in [0.5, 0.6) is 0 Å². The SMILES string of the molecule is [2H]c1nc(-c2cc(C(C)(C)C)c3ccccc3c2)c2sc3cc([Si](CC(C)C)(CC(C)C)CC(C)C)ccc3c2n1. The average molecular weight is 568 g/mol. The number of hydrogen-bond acceptors (Lipinski definition) is 3. The topological polar surface area (TPSA) is 25.8 Å². The van der Waals surface area contributed by atoms with Crippen LogP contribution in [0, 0.1) is 17.8 Å². The standard InChI is InChI=1S/C36H46N2SSi/c1-23(2)19-40(20-24(3)4,21-25(5)6)28-14-15-30-32(18-28)39-35-33(37-22-38-34(30)35)27-16-26-12-10-11-13-29(26)31(17-27)36(7,8)9/h10-18,22-25H,19-21H2,1-9H3/i22D. The fourth-order valence-electron chi connectivity index (χ4n) is 7.07. The van der Waals surface area contributed by atoms with E-state index < -0.39 is 8.07 Å². The van der Waals surface area contributed by atoms with E-state index in [1.807, 2.05) is 11.3 Å². The first-order valence-corrected chi connectivity index (χ1v) is 18.5. The second-order valence-electron chi connectivity index (χ2n) is 14.2. The molecule has 40 heavy (non-hydrogen) atoms. The van der Waals surface area contributed by atoms with Crippen LogP contribution in [-0.4, -0.2) is 18.0 Å². The Morgan fingerprint density at radius 1 is 0.800 bits per heavy atom. The number of fused-ring (bicyclic) bond motifs is 4. The minimum absolute atomic E-state index is 0.0161. The monoisotopic (exact) mass is 567 g/mol. The smallest absolute Gasteiger partial charge is 0.116 e. The molecule has 5 aromatic rings. The van der Waals surface area contributed by atoms with Crippen molar-refractivity contribution in [3.63, 3.8) is 0 Å². The van der Waals surface area contributed by atoms with Crippen LogP contribution in [0.2, 0.25) is 18.1 Å². The number of hydrogen-bond donors (Lipinski definition) is 0. The molecule has 0 radical (unpaired) electrons. The molecule has 0 saturated carbocycles. The summed E-state index contributed by atoms with van der Waals surface area (Å²) in [5.74, 6) is 2.06. The summed E-state index contributed by atoms with van der Waals surface area (Å²) in [6.07, 6.45) is 0.0879. The molecule has 0 saturated heterocycles. The van der Waals surface area contributed by atoms with Gasteiger partial charge in [0.1, 0.15) is 7.67 Å². The molecule has 3 aromatic carbocycles. The van der Waals surface area contributed by atoms with Gasteiger partial charge in [0.25, 0.3) is 0 Å². The summed E-state index contributed by atoms with van der Waals surface area (Å²) >= 11 is 1.81. The molecule has 0 bridgehead atoms. The first-order valence-electron chi connectivity index (χ1n) is 15.5. The number of thiophene rings is 1. The zero-order valence-corrected chi connectivity index (χ0v) is 27.7. The minimum atomic E-state index is -1.74. The van der Waals surface area contributed by atoms with Gasteiger partial charge in [-0.2, -0.15) is 0 Å². The highest BCUT2D eigenvalue weighted by molar-refractivity contribution is 7.26. The Morgan fingerprint density at radius 2 is 1.45 bits per heavy atom. The number of nitrogens with zero attached hydrogens (tertiary/aromatic N) is 2. The second kappa shape index (κ2) is 11.0. The Kier molecular flexibility index (Phi) is 7.60. The van der Waals surface area contributed by atoms with Crippen LogP contribution in [-0.2, 0) is 5.41 Å². The van der Waals surface area contributed by atoms with E-state index in [0.717, 1.165) is 26.9 Å². The van der Waals surface area contributed by atoms with Gasteiger partial charge in [-0.1, -0.05) is 122 Å². The zero-order chi connectivity index (χ0) is 29.7. The molecule has 0 spiro atoms. The van der Waals surface area contributed by atoms with E-state index in [1.165, 1.54) is 39.2 Å². The normalized spacial score (nSPS) is 13.4. The lowest BCUT2D eigenvalue weighted by molar-refractivity contribution is 0.596. The van der Waals surface area contributed by atoms with Crippen LogP contribution in [0.15, 0.2) is 60.9 Å². The van der Waals surface area contributed by atoms with E-state index in [4.69, 9.17) is 11.3 Å². The first-order chi connectivity index (χ1) is 19.3. The molecule has 0 atom stereocenters. The van der Waals surface area contributed by atoms with Crippen molar-refractivity contribution in [1.82, 2.24) is 9.97 Å². The molecule has 210 valence electrons. The molecule has 0 aliphatic heterocycles. The highest BCUT2D eigenvalue weighted by atomic mass is 32.1. The molecule has 0 N–H and O–H groups in total. The van der Waals surface area contributed by atoms with Gasteiger partial charge >= 0.3 is 0 Å². The van der Waals surface area contributed by atoms with Crippen molar-refractivity contribution in [2.75, 3.05) is 0 Å². The number of rotatable bonds is 8. The molecule has 2 heterocycles. The van der Waals surface area contributed by atoms with Crippen LogP contribution in [0.1, 0.15) is 69.2 Å². The number of aromatic nitrogens is 2. The molecule has 0 aliphatic carbocycles. The quantitative estimate of drug-likeness (QED) is 0.174. The molecule has 0 aliphatic rings. The van der Waals surface area contributed by atoms with Gasteiger partial charge in [-0.25, -0.2) is 9.97 Å². The van der Waals surface area contributed by atoms with Crippen molar-refractivity contribution in [3.05, 3.63) is 66.5 Å². The van der Waals surface area contributed by atoms with E-state index in [0.29, 0.717) is 17.8 Å². The van der Waals surface area contributed by atoms with Crippen molar-refractivity contribution in [1.29, 1.82) is 0 Å². The fraction of sp³-hybridized carbons (Fsp3) is 0.444. The van der Waals surface area contributed by atoms with E-state index >= 15 is 0 Å². The van der Waals surface area contributed by atoms with Crippen molar-refractivity contribution in [2.24, 2.45) is 17.8 Å². The third-order valence-corrected chi connectivity index (χ3v) is 15.6. The Morgan fingerprint density at radius 3 is 2.08 bits per heavy atom. The molecule has 0 amide bonds. The maximum absolute atomic E-state index is 8.58. The number of benzene rings is 3. The van der Waals surface area contributed by atoms with Gasteiger partial charge in [0.05, 0.1) is 24.0 Å². The Labute approximate surface area is 247 Å². The Bertz CT molecular complexity index is 1680. The summed E-state index contributed by atoms with van der Waals surface area (Å²) < 4.78 is 11.0. The van der Waals surface area contributed by atoms with Crippen molar-refractivity contribution < 1.29 is 1.37 Å². The maximum Gasteiger partial charge on any atom is 0.116 e. The molecule has 0 unspecified atom stereocenters. The molecule has 2 nitrogen and oxygen atoms in total. The molecule has 5 rings (SSSR count). The summed E-state index contributed by atoms with van der Waals surface area (Å²) in [4.78, 5) is 9.46. The van der Waals surface area contributed by atoms with Gasteiger partial charge in [-0.05, 0) is 57.7 Å². The summed E-state index contributed by atoms with van der Waals surface area (Å²) in [5, 5.41) is 5.24. The van der Waals surface area contributed by atoms with Crippen LogP contribution in [0.4, 0.5) is 0 Å². The Balaban J connectivity index is 1.75. The maximum atomic E-state index is 8.58. The minimum Gasteiger partial charge on any atom is -0.235 e. The largest absolute Gasteiger partial charge is 0.235 e. The summed E-state index contributed by atoms with van der Waals surface area (Å²) in [5.41, 5.74) is 4.16. The zero-order valence-electron chi connectivity index (χ0n) is 26.9. The molecular formula is C36H46N2SSi. The van der Waals surface area contributed by atoms with E-state index in [2.05, 4.69) is 117 Å². The lowest BCUT2D eigenvalue weighted by Gasteiger charge is -2.37. The van der Waals surface area contributed by atoms with Crippen LogP contribution in [0.3, 0.4) is 0 Å². The lowest BCUT2D eigenvalue weighted by Crippen LogP contribution is -2.50. The van der Waals surface area contributed by atoms with Crippen LogP contribution in [0.25, 0.3) is 42.3 Å². The predicted octanol–water partition coefficient (Wildman–Crippen LogP) is 10.6.